The zero-order valence-electron chi connectivity index (χ0n) is 7.94. The van der Waals surface area contributed by atoms with E-state index in [1.54, 1.807) is 11.8 Å². The fourth-order valence-corrected chi connectivity index (χ4v) is 3.37. The Morgan fingerprint density at radius 3 is 2.71 bits per heavy atom. The van der Waals surface area contributed by atoms with Crippen molar-refractivity contribution in [1.82, 2.24) is 5.32 Å². The molecule has 0 bridgehead atoms. The quantitative estimate of drug-likeness (QED) is 0.706. The second-order valence-corrected chi connectivity index (χ2v) is 4.94. The minimum Gasteiger partial charge on any atom is -0.480 e. The molecule has 4 nitrogen and oxygen atoms in total. The van der Waals surface area contributed by atoms with Crippen LogP contribution >= 0.6 is 11.8 Å². The van der Waals surface area contributed by atoms with Crippen molar-refractivity contribution in [2.45, 2.75) is 24.3 Å². The van der Waals surface area contributed by atoms with Gasteiger partial charge in [0.1, 0.15) is 6.04 Å². The molecule has 1 unspecified atom stereocenters. The molecular formula is C9H15NO3S. The van der Waals surface area contributed by atoms with E-state index in [0.717, 1.165) is 26.1 Å². The number of carbonyl (C=O) groups is 1. The summed E-state index contributed by atoms with van der Waals surface area (Å²) in [5, 5.41) is 12.3. The lowest BCUT2D eigenvalue weighted by Gasteiger charge is -2.27. The molecule has 0 saturated carbocycles. The van der Waals surface area contributed by atoms with Crippen LogP contribution in [0.4, 0.5) is 0 Å². The van der Waals surface area contributed by atoms with E-state index >= 15 is 0 Å². The fourth-order valence-electron chi connectivity index (χ4n) is 1.93. The van der Waals surface area contributed by atoms with E-state index in [1.807, 2.05) is 0 Å². The summed E-state index contributed by atoms with van der Waals surface area (Å²) in [7, 11) is 0. The van der Waals surface area contributed by atoms with Crippen molar-refractivity contribution >= 4 is 17.7 Å². The third-order valence-electron chi connectivity index (χ3n) is 2.80. The molecule has 0 aromatic heterocycles. The van der Waals surface area contributed by atoms with Gasteiger partial charge in [-0.1, -0.05) is 0 Å². The second-order valence-electron chi connectivity index (χ2n) is 3.76. The smallest absolute Gasteiger partial charge is 0.321 e. The van der Waals surface area contributed by atoms with Crippen LogP contribution in [0.2, 0.25) is 0 Å². The van der Waals surface area contributed by atoms with E-state index in [-0.39, 0.29) is 6.04 Å². The summed E-state index contributed by atoms with van der Waals surface area (Å²) in [6, 6.07) is -0.354. The number of carboxylic acid groups (broad SMARTS) is 1. The van der Waals surface area contributed by atoms with Gasteiger partial charge >= 0.3 is 5.97 Å². The number of thioether (sulfide) groups is 1. The molecule has 2 N–H and O–H groups in total. The SMILES string of the molecule is O=C(O)C1CS[C@H](C2CCOCC2)N1. The molecule has 2 aliphatic rings. The van der Waals surface area contributed by atoms with Crippen LogP contribution in [0.25, 0.3) is 0 Å². The van der Waals surface area contributed by atoms with Gasteiger partial charge in [0.15, 0.2) is 0 Å². The van der Waals surface area contributed by atoms with Crippen molar-refractivity contribution in [2.75, 3.05) is 19.0 Å². The Balaban J connectivity index is 1.85. The zero-order valence-corrected chi connectivity index (χ0v) is 8.76. The first-order valence-electron chi connectivity index (χ1n) is 4.95. The highest BCUT2D eigenvalue weighted by atomic mass is 32.2. The average Bonchev–Trinajstić information content (AvgIpc) is 2.68. The van der Waals surface area contributed by atoms with Crippen molar-refractivity contribution in [3.63, 3.8) is 0 Å². The maximum absolute atomic E-state index is 10.7. The predicted octanol–water partition coefficient (Wildman–Crippen LogP) is 0.529. The van der Waals surface area contributed by atoms with Crippen LogP contribution in [0, 0.1) is 5.92 Å². The average molecular weight is 217 g/mol. The van der Waals surface area contributed by atoms with E-state index in [4.69, 9.17) is 9.84 Å². The van der Waals surface area contributed by atoms with Crippen LogP contribution in [0.15, 0.2) is 0 Å². The molecule has 2 saturated heterocycles. The van der Waals surface area contributed by atoms with Crippen LogP contribution in [0.3, 0.4) is 0 Å². The highest BCUT2D eigenvalue weighted by molar-refractivity contribution is 8.00. The van der Waals surface area contributed by atoms with Gasteiger partial charge in [-0.3, -0.25) is 10.1 Å². The standard InChI is InChI=1S/C9H15NO3S/c11-9(12)7-5-14-8(10-7)6-1-3-13-4-2-6/h6-8,10H,1-5H2,(H,11,12)/t7?,8-/m1/s1. The molecule has 0 amide bonds. The van der Waals surface area contributed by atoms with Crippen molar-refractivity contribution in [3.8, 4) is 0 Å². The van der Waals surface area contributed by atoms with Gasteiger partial charge in [0, 0.05) is 19.0 Å². The van der Waals surface area contributed by atoms with Crippen LogP contribution in [0.1, 0.15) is 12.8 Å². The van der Waals surface area contributed by atoms with Gasteiger partial charge in [-0.25, -0.2) is 0 Å². The molecular weight excluding hydrogens is 202 g/mol. The largest absolute Gasteiger partial charge is 0.480 e. The Morgan fingerprint density at radius 1 is 1.43 bits per heavy atom. The first-order valence-corrected chi connectivity index (χ1v) is 6.00. The second kappa shape index (κ2) is 4.51. The van der Waals surface area contributed by atoms with Gasteiger partial charge in [0.05, 0.1) is 5.37 Å². The summed E-state index contributed by atoms with van der Waals surface area (Å²) in [6.45, 7) is 1.64. The number of aliphatic carboxylic acids is 1. The molecule has 2 rings (SSSR count). The van der Waals surface area contributed by atoms with Gasteiger partial charge in [-0.05, 0) is 18.8 Å². The Hall–Kier alpha value is -0.260. The summed E-state index contributed by atoms with van der Waals surface area (Å²) in [6.07, 6.45) is 2.11. The van der Waals surface area contributed by atoms with Crippen LogP contribution in [-0.2, 0) is 9.53 Å². The number of hydrogen-bond acceptors (Lipinski definition) is 4. The number of carboxylic acids is 1. The monoisotopic (exact) mass is 217 g/mol. The summed E-state index contributed by atoms with van der Waals surface area (Å²) >= 11 is 1.74. The number of hydrogen-bond donors (Lipinski definition) is 2. The highest BCUT2D eigenvalue weighted by Gasteiger charge is 2.34. The zero-order chi connectivity index (χ0) is 9.97. The predicted molar refractivity (Wildman–Crippen MR) is 54.3 cm³/mol. The third kappa shape index (κ3) is 2.21. The number of ether oxygens (including phenoxy) is 1. The van der Waals surface area contributed by atoms with Gasteiger partial charge in [-0.15, -0.1) is 11.8 Å². The third-order valence-corrected chi connectivity index (χ3v) is 4.21. The van der Waals surface area contributed by atoms with E-state index in [2.05, 4.69) is 5.32 Å². The summed E-state index contributed by atoms with van der Waals surface area (Å²) in [5.74, 6) is 0.544. The maximum Gasteiger partial charge on any atom is 0.321 e. The van der Waals surface area contributed by atoms with E-state index in [9.17, 15) is 4.79 Å². The minimum absolute atomic E-state index is 0.319. The number of nitrogens with one attached hydrogen (secondary N) is 1. The molecule has 0 aromatic carbocycles. The Labute approximate surface area is 87.4 Å². The van der Waals surface area contributed by atoms with E-state index in [0.29, 0.717) is 17.0 Å². The molecule has 5 heteroatoms. The first kappa shape index (κ1) is 10.3. The van der Waals surface area contributed by atoms with Gasteiger partial charge in [-0.2, -0.15) is 0 Å². The lowest BCUT2D eigenvalue weighted by atomic mass is 10.00. The summed E-state index contributed by atoms with van der Waals surface area (Å²) in [4.78, 5) is 10.7. The normalized spacial score (nSPS) is 34.6. The molecule has 0 radical (unpaired) electrons. The van der Waals surface area contributed by atoms with E-state index < -0.39 is 5.97 Å². The lowest BCUT2D eigenvalue weighted by molar-refractivity contribution is -0.138. The van der Waals surface area contributed by atoms with Crippen LogP contribution in [0.5, 0.6) is 0 Å². The summed E-state index contributed by atoms with van der Waals surface area (Å²) in [5.41, 5.74) is 0. The van der Waals surface area contributed by atoms with Crippen LogP contribution < -0.4 is 5.32 Å². The first-order chi connectivity index (χ1) is 6.77. The highest BCUT2D eigenvalue weighted by Crippen LogP contribution is 2.30. The Morgan fingerprint density at radius 2 is 2.14 bits per heavy atom. The molecule has 14 heavy (non-hydrogen) atoms. The lowest BCUT2D eigenvalue weighted by Crippen LogP contribution is -2.40. The van der Waals surface area contributed by atoms with Crippen molar-refractivity contribution in [1.29, 1.82) is 0 Å². The summed E-state index contributed by atoms with van der Waals surface area (Å²) < 4.78 is 5.28. The van der Waals surface area contributed by atoms with Crippen LogP contribution in [-0.4, -0.2) is 41.5 Å². The molecule has 0 aliphatic carbocycles. The Kier molecular flexibility index (Phi) is 3.30. The fraction of sp³-hybridized carbons (Fsp3) is 0.889. The van der Waals surface area contributed by atoms with Gasteiger partial charge in [0.25, 0.3) is 0 Å². The molecule has 80 valence electrons. The van der Waals surface area contributed by atoms with Crippen molar-refractivity contribution in [3.05, 3.63) is 0 Å². The molecule has 2 heterocycles. The van der Waals surface area contributed by atoms with Crippen molar-refractivity contribution < 1.29 is 14.6 Å². The molecule has 2 atom stereocenters. The Bertz CT molecular complexity index is 218. The molecule has 0 aromatic rings. The van der Waals surface area contributed by atoms with Crippen molar-refractivity contribution in [2.24, 2.45) is 5.92 Å². The topological polar surface area (TPSA) is 58.6 Å². The van der Waals surface area contributed by atoms with Gasteiger partial charge < -0.3 is 9.84 Å². The molecule has 2 fully saturated rings. The molecule has 2 aliphatic heterocycles. The minimum atomic E-state index is -0.730. The molecule has 0 spiro atoms. The maximum atomic E-state index is 10.7. The van der Waals surface area contributed by atoms with E-state index in [1.165, 1.54) is 0 Å². The van der Waals surface area contributed by atoms with Gasteiger partial charge in [0.2, 0.25) is 0 Å². The number of rotatable bonds is 2.